The number of halogens is 1. The van der Waals surface area contributed by atoms with Crippen molar-refractivity contribution in [3.05, 3.63) is 53.1 Å². The van der Waals surface area contributed by atoms with Crippen molar-refractivity contribution in [1.29, 1.82) is 0 Å². The molecule has 0 fully saturated rings. The summed E-state index contributed by atoms with van der Waals surface area (Å²) in [6.07, 6.45) is 2.75. The summed E-state index contributed by atoms with van der Waals surface area (Å²) in [6.45, 7) is 0. The predicted octanol–water partition coefficient (Wildman–Crippen LogP) is 3.90. The Morgan fingerprint density at radius 3 is 2.74 bits per heavy atom. The fraction of sp³-hybridized carbons (Fsp3) is 0.0667. The monoisotopic (exact) mass is 365 g/mol. The molecule has 0 aliphatic rings. The maximum absolute atomic E-state index is 11.3. The highest BCUT2D eigenvalue weighted by Crippen LogP contribution is 2.30. The smallest absolute Gasteiger partial charge is 0.229 e. The molecule has 118 valence electrons. The van der Waals surface area contributed by atoms with Crippen molar-refractivity contribution in [2.75, 3.05) is 11.0 Å². The molecule has 3 rings (SSSR count). The van der Waals surface area contributed by atoms with E-state index in [9.17, 15) is 8.42 Å². The topological polar surface area (TPSA) is 72.0 Å². The minimum absolute atomic E-state index is 0.415. The second-order valence-corrected chi connectivity index (χ2v) is 7.85. The largest absolute Gasteiger partial charge is 0.284 e. The molecule has 1 aromatic carbocycles. The number of aromatic nitrogens is 2. The average molecular weight is 366 g/mol. The molecule has 23 heavy (non-hydrogen) atoms. The summed E-state index contributed by atoms with van der Waals surface area (Å²) < 4.78 is 25.1. The quantitative estimate of drug-likeness (QED) is 0.712. The van der Waals surface area contributed by atoms with Gasteiger partial charge in [0.25, 0.3) is 0 Å². The van der Waals surface area contributed by atoms with Crippen LogP contribution in [0.3, 0.4) is 0 Å². The lowest BCUT2D eigenvalue weighted by atomic mass is 10.1. The molecule has 0 radical (unpaired) electrons. The molecule has 0 spiro atoms. The Morgan fingerprint density at radius 1 is 1.17 bits per heavy atom. The Labute approximate surface area is 143 Å². The van der Waals surface area contributed by atoms with E-state index in [1.165, 1.54) is 11.3 Å². The van der Waals surface area contributed by atoms with Gasteiger partial charge in [0.1, 0.15) is 10.2 Å². The Bertz CT molecular complexity index is 955. The standard InChI is InChI=1S/C15H12ClN3O2S2/c1-23(20,21)19-12-4-2-3-10(7-12)13-9-22-15(18-13)11-5-6-17-14(16)8-11/h2-9,19H,1H3. The number of nitrogens with zero attached hydrogens (tertiary/aromatic N) is 2. The minimum Gasteiger partial charge on any atom is -0.284 e. The molecule has 0 saturated carbocycles. The van der Waals surface area contributed by atoms with E-state index in [1.807, 2.05) is 17.5 Å². The van der Waals surface area contributed by atoms with Crippen molar-refractivity contribution in [1.82, 2.24) is 9.97 Å². The molecule has 0 aliphatic carbocycles. The Morgan fingerprint density at radius 2 is 2.00 bits per heavy atom. The molecule has 0 unspecified atom stereocenters. The number of hydrogen-bond acceptors (Lipinski definition) is 5. The van der Waals surface area contributed by atoms with Gasteiger partial charge < -0.3 is 0 Å². The second kappa shape index (κ2) is 6.27. The van der Waals surface area contributed by atoms with E-state index in [0.29, 0.717) is 10.8 Å². The third kappa shape index (κ3) is 4.07. The van der Waals surface area contributed by atoms with Gasteiger partial charge in [0, 0.05) is 28.4 Å². The Kier molecular flexibility index (Phi) is 4.34. The lowest BCUT2D eigenvalue weighted by Gasteiger charge is -2.05. The SMILES string of the molecule is CS(=O)(=O)Nc1cccc(-c2csc(-c3ccnc(Cl)c3)n2)c1. The van der Waals surface area contributed by atoms with Crippen molar-refractivity contribution >= 4 is 38.6 Å². The molecule has 0 bridgehead atoms. The first-order chi connectivity index (χ1) is 10.9. The van der Waals surface area contributed by atoms with E-state index in [2.05, 4.69) is 14.7 Å². The summed E-state index contributed by atoms with van der Waals surface area (Å²) in [5.41, 5.74) is 3.01. The molecule has 0 amide bonds. The zero-order valence-corrected chi connectivity index (χ0v) is 14.4. The molecule has 1 N–H and O–H groups in total. The van der Waals surface area contributed by atoms with Crippen molar-refractivity contribution < 1.29 is 8.42 Å². The van der Waals surface area contributed by atoms with E-state index in [4.69, 9.17) is 11.6 Å². The maximum Gasteiger partial charge on any atom is 0.229 e. The van der Waals surface area contributed by atoms with Gasteiger partial charge in [0.15, 0.2) is 0 Å². The lowest BCUT2D eigenvalue weighted by Crippen LogP contribution is -2.09. The van der Waals surface area contributed by atoms with Crippen LogP contribution in [0.4, 0.5) is 5.69 Å². The zero-order chi connectivity index (χ0) is 16.4. The third-order valence-electron chi connectivity index (χ3n) is 2.94. The van der Waals surface area contributed by atoms with Crippen molar-refractivity contribution in [3.8, 4) is 21.8 Å². The molecule has 2 heterocycles. The fourth-order valence-corrected chi connectivity index (χ4v) is 3.59. The number of benzene rings is 1. The maximum atomic E-state index is 11.3. The summed E-state index contributed by atoms with van der Waals surface area (Å²) in [5, 5.41) is 3.16. The Hall–Kier alpha value is -1.96. The minimum atomic E-state index is -3.31. The van der Waals surface area contributed by atoms with Crippen LogP contribution in [0.5, 0.6) is 0 Å². The second-order valence-electron chi connectivity index (χ2n) is 4.86. The molecular formula is C15H12ClN3O2S2. The lowest BCUT2D eigenvalue weighted by molar-refractivity contribution is 0.607. The van der Waals surface area contributed by atoms with Crippen molar-refractivity contribution in [3.63, 3.8) is 0 Å². The first kappa shape index (κ1) is 15.9. The van der Waals surface area contributed by atoms with Crippen LogP contribution < -0.4 is 4.72 Å². The first-order valence-corrected chi connectivity index (χ1v) is 9.71. The molecule has 3 aromatic rings. The molecule has 0 aliphatic heterocycles. The van der Waals surface area contributed by atoms with Crippen LogP contribution in [0.1, 0.15) is 0 Å². The first-order valence-electron chi connectivity index (χ1n) is 6.56. The highest BCUT2D eigenvalue weighted by molar-refractivity contribution is 7.92. The Balaban J connectivity index is 1.93. The molecule has 0 atom stereocenters. The number of thiazole rings is 1. The van der Waals surface area contributed by atoms with Gasteiger partial charge in [-0.05, 0) is 24.3 Å². The number of hydrogen-bond donors (Lipinski definition) is 1. The predicted molar refractivity (Wildman–Crippen MR) is 94.3 cm³/mol. The average Bonchev–Trinajstić information content (AvgIpc) is 2.95. The summed E-state index contributed by atoms with van der Waals surface area (Å²) in [7, 11) is -3.31. The highest BCUT2D eigenvalue weighted by Gasteiger charge is 2.09. The highest BCUT2D eigenvalue weighted by atomic mass is 35.5. The van der Waals surface area contributed by atoms with Crippen LogP contribution in [0.25, 0.3) is 21.8 Å². The molecule has 0 saturated heterocycles. The number of rotatable bonds is 4. The van der Waals surface area contributed by atoms with Crippen LogP contribution in [-0.2, 0) is 10.0 Å². The van der Waals surface area contributed by atoms with Gasteiger partial charge in [0.05, 0.1) is 11.9 Å². The molecule has 5 nitrogen and oxygen atoms in total. The number of pyridine rings is 1. The number of anilines is 1. The fourth-order valence-electron chi connectivity index (χ4n) is 2.03. The van der Waals surface area contributed by atoms with Gasteiger partial charge in [0.2, 0.25) is 10.0 Å². The van der Waals surface area contributed by atoms with Crippen LogP contribution in [-0.4, -0.2) is 24.6 Å². The van der Waals surface area contributed by atoms with Gasteiger partial charge in [-0.25, -0.2) is 18.4 Å². The van der Waals surface area contributed by atoms with Crippen molar-refractivity contribution in [2.45, 2.75) is 0 Å². The van der Waals surface area contributed by atoms with Crippen LogP contribution >= 0.6 is 22.9 Å². The summed E-state index contributed by atoms with van der Waals surface area (Å²) >= 11 is 7.39. The van der Waals surface area contributed by atoms with Crippen molar-refractivity contribution in [2.24, 2.45) is 0 Å². The van der Waals surface area contributed by atoms with Gasteiger partial charge in [-0.3, -0.25) is 4.72 Å². The van der Waals surface area contributed by atoms with Gasteiger partial charge in [-0.2, -0.15) is 0 Å². The summed E-state index contributed by atoms with van der Waals surface area (Å²) in [6, 6.07) is 10.7. The molecule has 8 heteroatoms. The van der Waals surface area contributed by atoms with E-state index < -0.39 is 10.0 Å². The third-order valence-corrected chi connectivity index (χ3v) is 4.64. The van der Waals surface area contributed by atoms with Crippen LogP contribution in [0.15, 0.2) is 48.0 Å². The van der Waals surface area contributed by atoms with E-state index in [0.717, 1.165) is 28.1 Å². The van der Waals surface area contributed by atoms with Gasteiger partial charge >= 0.3 is 0 Å². The van der Waals surface area contributed by atoms with E-state index in [-0.39, 0.29) is 0 Å². The number of nitrogens with one attached hydrogen (secondary N) is 1. The summed E-state index contributed by atoms with van der Waals surface area (Å²) in [5.74, 6) is 0. The number of sulfonamides is 1. The van der Waals surface area contributed by atoms with Crippen LogP contribution in [0.2, 0.25) is 5.15 Å². The van der Waals surface area contributed by atoms with E-state index >= 15 is 0 Å². The van der Waals surface area contributed by atoms with Crippen LogP contribution in [0, 0.1) is 0 Å². The van der Waals surface area contributed by atoms with Gasteiger partial charge in [-0.1, -0.05) is 23.7 Å². The molecule has 2 aromatic heterocycles. The van der Waals surface area contributed by atoms with Gasteiger partial charge in [-0.15, -0.1) is 11.3 Å². The summed E-state index contributed by atoms with van der Waals surface area (Å²) in [4.78, 5) is 8.54. The zero-order valence-electron chi connectivity index (χ0n) is 12.0. The molecular weight excluding hydrogens is 354 g/mol. The normalized spacial score (nSPS) is 11.4. The van der Waals surface area contributed by atoms with E-state index in [1.54, 1.807) is 30.5 Å².